The van der Waals surface area contributed by atoms with E-state index in [1.807, 2.05) is 0 Å². The van der Waals surface area contributed by atoms with Crippen LogP contribution in [-0.4, -0.2) is 40.7 Å². The minimum Gasteiger partial charge on any atom is -0.360 e. The van der Waals surface area contributed by atoms with Gasteiger partial charge in [-0.15, -0.1) is 0 Å². The highest BCUT2D eigenvalue weighted by Crippen LogP contribution is 2.28. The molecule has 3 heterocycles. The molecule has 2 aromatic rings. The first kappa shape index (κ1) is 20.7. The fraction of sp³-hybridized carbons (Fsp3) is 0.632. The van der Waals surface area contributed by atoms with E-state index in [1.165, 1.54) is 8.99 Å². The van der Waals surface area contributed by atoms with Crippen LogP contribution >= 0.6 is 0 Å². The summed E-state index contributed by atoms with van der Waals surface area (Å²) in [7, 11) is -3.62. The van der Waals surface area contributed by atoms with Gasteiger partial charge in [-0.05, 0) is 38.7 Å². The predicted molar refractivity (Wildman–Crippen MR) is 105 cm³/mol. The monoisotopic (exact) mass is 408 g/mol. The molecule has 0 atom stereocenters. The fourth-order valence-electron chi connectivity index (χ4n) is 3.53. The molecule has 2 aromatic heterocycles. The third-order valence-electron chi connectivity index (χ3n) is 5.21. The van der Waals surface area contributed by atoms with Gasteiger partial charge >= 0.3 is 0 Å². The van der Waals surface area contributed by atoms with Crippen molar-refractivity contribution in [1.29, 1.82) is 0 Å². The Balaban J connectivity index is 1.71. The molecule has 9 heteroatoms. The molecule has 0 N–H and O–H groups in total. The average molecular weight is 409 g/mol. The van der Waals surface area contributed by atoms with Crippen LogP contribution in [0.1, 0.15) is 50.8 Å². The zero-order chi connectivity index (χ0) is 20.7. The Morgan fingerprint density at radius 1 is 1.18 bits per heavy atom. The Morgan fingerprint density at radius 2 is 1.82 bits per heavy atom. The number of aromatic nitrogens is 3. The van der Waals surface area contributed by atoms with Crippen LogP contribution in [0.5, 0.6) is 0 Å². The van der Waals surface area contributed by atoms with E-state index < -0.39 is 10.0 Å². The lowest BCUT2D eigenvalue weighted by Gasteiger charge is -2.31. The molecule has 1 aliphatic rings. The van der Waals surface area contributed by atoms with Crippen LogP contribution < -0.4 is 5.56 Å². The van der Waals surface area contributed by atoms with Gasteiger partial charge in [-0.2, -0.15) is 9.40 Å². The van der Waals surface area contributed by atoms with Gasteiger partial charge in [-0.3, -0.25) is 4.79 Å². The Morgan fingerprint density at radius 3 is 2.36 bits per heavy atom. The van der Waals surface area contributed by atoms with Gasteiger partial charge < -0.3 is 4.52 Å². The van der Waals surface area contributed by atoms with Crippen LogP contribution in [0.2, 0.25) is 0 Å². The Kier molecular flexibility index (Phi) is 5.51. The van der Waals surface area contributed by atoms with Crippen LogP contribution in [0.15, 0.2) is 26.3 Å². The van der Waals surface area contributed by atoms with E-state index in [2.05, 4.69) is 31.0 Å². The van der Waals surface area contributed by atoms with Gasteiger partial charge in [0.1, 0.15) is 10.6 Å². The molecule has 1 saturated heterocycles. The van der Waals surface area contributed by atoms with Gasteiger partial charge in [0.25, 0.3) is 5.56 Å². The van der Waals surface area contributed by atoms with Crippen LogP contribution in [-0.2, 0) is 22.0 Å². The largest absolute Gasteiger partial charge is 0.360 e. The summed E-state index contributed by atoms with van der Waals surface area (Å²) in [6, 6.07) is 3.34. The van der Waals surface area contributed by atoms with E-state index in [0.29, 0.717) is 43.9 Å². The maximum Gasteiger partial charge on any atom is 0.266 e. The zero-order valence-electron chi connectivity index (χ0n) is 17.1. The molecule has 0 bridgehead atoms. The van der Waals surface area contributed by atoms with E-state index in [4.69, 9.17) is 4.52 Å². The quantitative estimate of drug-likeness (QED) is 0.769. The van der Waals surface area contributed by atoms with Crippen LogP contribution in [0.4, 0.5) is 0 Å². The lowest BCUT2D eigenvalue weighted by Crippen LogP contribution is -2.40. The molecule has 0 aromatic carbocycles. The summed E-state index contributed by atoms with van der Waals surface area (Å²) in [6.45, 7) is 10.7. The van der Waals surface area contributed by atoms with Crippen LogP contribution in [0.25, 0.3) is 0 Å². The Bertz CT molecular complexity index is 990. The lowest BCUT2D eigenvalue weighted by atomic mass is 9.92. The van der Waals surface area contributed by atoms with Crippen molar-refractivity contribution in [3.05, 3.63) is 39.6 Å². The first-order chi connectivity index (χ1) is 13.0. The van der Waals surface area contributed by atoms with Crippen molar-refractivity contribution in [2.75, 3.05) is 13.1 Å². The third kappa shape index (κ3) is 4.05. The Labute approximate surface area is 165 Å². The third-order valence-corrected chi connectivity index (χ3v) is 7.35. The molecule has 8 nitrogen and oxygen atoms in total. The van der Waals surface area contributed by atoms with Crippen LogP contribution in [0, 0.1) is 19.8 Å². The number of rotatable bonds is 4. The predicted octanol–water partition coefficient (Wildman–Crippen LogP) is 2.25. The van der Waals surface area contributed by atoms with Crippen molar-refractivity contribution in [3.63, 3.8) is 0 Å². The van der Waals surface area contributed by atoms with E-state index in [1.54, 1.807) is 26.0 Å². The highest BCUT2D eigenvalue weighted by Gasteiger charge is 2.34. The molecule has 0 unspecified atom stereocenters. The summed E-state index contributed by atoms with van der Waals surface area (Å²) in [5, 5.41) is 8.28. The number of aryl methyl sites for hydroxylation is 2. The lowest BCUT2D eigenvalue weighted by molar-refractivity contribution is 0.243. The molecular formula is C19H28N4O4S. The van der Waals surface area contributed by atoms with Crippen molar-refractivity contribution < 1.29 is 12.9 Å². The topological polar surface area (TPSA) is 98.3 Å². The SMILES string of the molecule is Cc1noc(C)c1S(=O)(=O)N1CCC(Cn2nc(C(C)(C)C)ccc2=O)CC1. The van der Waals surface area contributed by atoms with Crippen molar-refractivity contribution in [3.8, 4) is 0 Å². The van der Waals surface area contributed by atoms with Gasteiger partial charge in [0, 0.05) is 31.1 Å². The smallest absolute Gasteiger partial charge is 0.266 e. The second kappa shape index (κ2) is 7.44. The maximum atomic E-state index is 12.9. The maximum absolute atomic E-state index is 12.9. The number of hydrogen-bond donors (Lipinski definition) is 0. The van der Waals surface area contributed by atoms with E-state index in [-0.39, 0.29) is 21.8 Å². The summed E-state index contributed by atoms with van der Waals surface area (Å²) >= 11 is 0. The number of piperidine rings is 1. The number of hydrogen-bond acceptors (Lipinski definition) is 6. The first-order valence-corrected chi connectivity index (χ1v) is 11.0. The molecule has 0 radical (unpaired) electrons. The first-order valence-electron chi connectivity index (χ1n) is 9.52. The van der Waals surface area contributed by atoms with Crippen molar-refractivity contribution in [2.24, 2.45) is 5.92 Å². The van der Waals surface area contributed by atoms with E-state index >= 15 is 0 Å². The van der Waals surface area contributed by atoms with Gasteiger partial charge in [-0.25, -0.2) is 13.1 Å². The van der Waals surface area contributed by atoms with Gasteiger partial charge in [0.2, 0.25) is 10.0 Å². The van der Waals surface area contributed by atoms with Gasteiger partial charge in [0.15, 0.2) is 5.76 Å². The molecule has 0 saturated carbocycles. The van der Waals surface area contributed by atoms with E-state index in [0.717, 1.165) is 5.69 Å². The average Bonchev–Trinajstić information content (AvgIpc) is 2.95. The molecular weight excluding hydrogens is 380 g/mol. The van der Waals surface area contributed by atoms with Crippen molar-refractivity contribution >= 4 is 10.0 Å². The van der Waals surface area contributed by atoms with E-state index in [9.17, 15) is 13.2 Å². The van der Waals surface area contributed by atoms with Crippen molar-refractivity contribution in [2.45, 2.75) is 64.3 Å². The molecule has 1 fully saturated rings. The Hall–Kier alpha value is -2.00. The number of sulfonamides is 1. The summed E-state index contributed by atoms with van der Waals surface area (Å²) in [5.41, 5.74) is 0.986. The molecule has 28 heavy (non-hydrogen) atoms. The molecule has 0 amide bonds. The summed E-state index contributed by atoms with van der Waals surface area (Å²) in [5.74, 6) is 0.519. The second-order valence-electron chi connectivity index (χ2n) is 8.49. The summed E-state index contributed by atoms with van der Waals surface area (Å²) in [6.07, 6.45) is 1.35. The minimum atomic E-state index is -3.62. The highest BCUT2D eigenvalue weighted by molar-refractivity contribution is 7.89. The standard InChI is InChI=1S/C19H28N4O4S/c1-13-18(14(2)27-21-13)28(25,26)22-10-8-15(9-11-22)12-23-17(24)7-6-16(20-23)19(3,4)5/h6-7,15H,8-12H2,1-5H3. The van der Waals surface area contributed by atoms with Crippen LogP contribution in [0.3, 0.4) is 0 Å². The number of nitrogens with zero attached hydrogens (tertiary/aromatic N) is 4. The van der Waals surface area contributed by atoms with Gasteiger partial charge in [0.05, 0.1) is 5.69 Å². The normalized spacial score (nSPS) is 17.2. The minimum absolute atomic E-state index is 0.126. The highest BCUT2D eigenvalue weighted by atomic mass is 32.2. The molecule has 154 valence electrons. The molecule has 0 aliphatic carbocycles. The summed E-state index contributed by atoms with van der Waals surface area (Å²) < 4.78 is 33.9. The fourth-order valence-corrected chi connectivity index (χ4v) is 5.29. The summed E-state index contributed by atoms with van der Waals surface area (Å²) in [4.78, 5) is 12.4. The molecule has 0 spiro atoms. The molecule has 1 aliphatic heterocycles. The zero-order valence-corrected chi connectivity index (χ0v) is 17.9. The van der Waals surface area contributed by atoms with Gasteiger partial charge in [-0.1, -0.05) is 25.9 Å². The van der Waals surface area contributed by atoms with Crippen molar-refractivity contribution in [1.82, 2.24) is 19.2 Å². The molecule has 3 rings (SSSR count). The second-order valence-corrected chi connectivity index (χ2v) is 10.4.